The summed E-state index contributed by atoms with van der Waals surface area (Å²) in [4.78, 5) is 28.3. The van der Waals surface area contributed by atoms with E-state index in [0.717, 1.165) is 35.7 Å². The van der Waals surface area contributed by atoms with E-state index in [1.54, 1.807) is 19.0 Å². The highest BCUT2D eigenvalue weighted by Crippen LogP contribution is 2.39. The van der Waals surface area contributed by atoms with Crippen molar-refractivity contribution in [1.82, 2.24) is 14.9 Å². The van der Waals surface area contributed by atoms with Gasteiger partial charge >= 0.3 is 0 Å². The summed E-state index contributed by atoms with van der Waals surface area (Å²) in [7, 11) is 5.75. The van der Waals surface area contributed by atoms with Gasteiger partial charge in [0.05, 0.1) is 5.39 Å². The zero-order valence-corrected chi connectivity index (χ0v) is 17.4. The molecule has 2 aromatic rings. The molecule has 6 heteroatoms. The van der Waals surface area contributed by atoms with E-state index in [0.29, 0.717) is 18.9 Å². The number of rotatable bonds is 8. The fourth-order valence-electron chi connectivity index (χ4n) is 3.37. The minimum Gasteiger partial charge on any atom is -0.356 e. The number of nitrogens with zero attached hydrogens (tertiary/aromatic N) is 4. The Morgan fingerprint density at radius 2 is 1.88 bits per heavy atom. The van der Waals surface area contributed by atoms with Gasteiger partial charge in [-0.15, -0.1) is 11.3 Å². The highest BCUT2D eigenvalue weighted by molar-refractivity contribution is 7.19. The quantitative estimate of drug-likeness (QED) is 0.705. The van der Waals surface area contributed by atoms with Gasteiger partial charge < -0.3 is 9.80 Å². The number of amides is 1. The molecule has 0 spiro atoms. The molecule has 2 aromatic heterocycles. The van der Waals surface area contributed by atoms with Crippen LogP contribution in [0.4, 0.5) is 5.82 Å². The Bertz CT molecular complexity index is 795. The van der Waals surface area contributed by atoms with E-state index in [4.69, 9.17) is 9.97 Å². The smallest absolute Gasteiger partial charge is 0.222 e. The Hall–Kier alpha value is -1.69. The fraction of sp³-hybridized carbons (Fsp3) is 0.650. The molecule has 142 valence electrons. The predicted octanol–water partition coefficient (Wildman–Crippen LogP) is 3.83. The minimum atomic E-state index is 0.123. The number of carbonyl (C=O) groups is 1. The first-order valence-electron chi connectivity index (χ1n) is 9.70. The highest BCUT2D eigenvalue weighted by Gasteiger charge is 2.30. The van der Waals surface area contributed by atoms with Crippen molar-refractivity contribution >= 4 is 33.3 Å². The molecule has 0 saturated heterocycles. The topological polar surface area (TPSA) is 49.3 Å². The molecule has 1 saturated carbocycles. The third-order valence-electron chi connectivity index (χ3n) is 5.08. The number of hydrogen-bond donors (Lipinski definition) is 0. The molecule has 1 fully saturated rings. The van der Waals surface area contributed by atoms with Crippen LogP contribution in [0.3, 0.4) is 0 Å². The zero-order chi connectivity index (χ0) is 18.8. The second kappa shape index (κ2) is 7.91. The van der Waals surface area contributed by atoms with Crippen LogP contribution in [-0.4, -0.2) is 48.0 Å². The van der Waals surface area contributed by atoms with E-state index in [9.17, 15) is 4.79 Å². The summed E-state index contributed by atoms with van der Waals surface area (Å²) in [6.07, 6.45) is 6.80. The lowest BCUT2D eigenvalue weighted by atomic mass is 10.1. The van der Waals surface area contributed by atoms with Crippen LogP contribution >= 0.6 is 11.3 Å². The lowest BCUT2D eigenvalue weighted by Crippen LogP contribution is -2.23. The first-order valence-corrected chi connectivity index (χ1v) is 10.5. The summed E-state index contributed by atoms with van der Waals surface area (Å²) >= 11 is 1.82. The van der Waals surface area contributed by atoms with Gasteiger partial charge in [0.1, 0.15) is 16.5 Å². The third-order valence-corrected chi connectivity index (χ3v) is 6.27. The van der Waals surface area contributed by atoms with Crippen molar-refractivity contribution in [2.45, 2.75) is 64.8 Å². The maximum absolute atomic E-state index is 12.0. The molecule has 3 rings (SSSR count). The van der Waals surface area contributed by atoms with Crippen LogP contribution in [0.15, 0.2) is 0 Å². The van der Waals surface area contributed by atoms with E-state index in [1.807, 2.05) is 11.3 Å². The first kappa shape index (κ1) is 19.1. The van der Waals surface area contributed by atoms with Crippen LogP contribution in [-0.2, 0) is 24.1 Å². The Labute approximate surface area is 160 Å². The van der Waals surface area contributed by atoms with Crippen molar-refractivity contribution in [3.8, 4) is 0 Å². The van der Waals surface area contributed by atoms with Crippen molar-refractivity contribution in [3.63, 3.8) is 0 Å². The van der Waals surface area contributed by atoms with Gasteiger partial charge in [0.15, 0.2) is 0 Å². The van der Waals surface area contributed by atoms with Crippen molar-refractivity contribution in [2.75, 3.05) is 26.0 Å². The van der Waals surface area contributed by atoms with Crippen LogP contribution in [0, 0.1) is 0 Å². The van der Waals surface area contributed by atoms with Crippen molar-refractivity contribution in [2.24, 2.45) is 0 Å². The molecule has 0 bridgehead atoms. The Kier molecular flexibility index (Phi) is 5.80. The van der Waals surface area contributed by atoms with Gasteiger partial charge in [-0.3, -0.25) is 4.79 Å². The van der Waals surface area contributed by atoms with Gasteiger partial charge in [0.2, 0.25) is 5.91 Å². The molecule has 0 radical (unpaired) electrons. The van der Waals surface area contributed by atoms with Gasteiger partial charge in [-0.25, -0.2) is 9.97 Å². The van der Waals surface area contributed by atoms with Crippen molar-refractivity contribution in [1.29, 1.82) is 0 Å². The van der Waals surface area contributed by atoms with Crippen LogP contribution in [0.25, 0.3) is 10.2 Å². The van der Waals surface area contributed by atoms with Gasteiger partial charge in [-0.05, 0) is 31.2 Å². The number of aryl methyl sites for hydroxylation is 3. The van der Waals surface area contributed by atoms with Gasteiger partial charge in [0, 0.05) is 44.9 Å². The molecule has 2 heterocycles. The molecule has 26 heavy (non-hydrogen) atoms. The molecule has 0 unspecified atom stereocenters. The van der Waals surface area contributed by atoms with Crippen molar-refractivity contribution in [3.05, 3.63) is 16.3 Å². The first-order chi connectivity index (χ1) is 12.5. The molecule has 1 amide bonds. The monoisotopic (exact) mass is 374 g/mol. The number of fused-ring (bicyclic) bond motifs is 1. The summed E-state index contributed by atoms with van der Waals surface area (Å²) < 4.78 is 0. The molecule has 0 N–H and O–H groups in total. The Balaban J connectivity index is 2.03. The largest absolute Gasteiger partial charge is 0.356 e. The standard InChI is InChI=1S/C20H30N4OS/c1-6-8-15-14(7-2)18-19(24(5)13-9-10-13)21-16(22-20(18)26-15)11-12-17(25)23(3)4/h13H,6-12H2,1-5H3. The van der Waals surface area contributed by atoms with Crippen LogP contribution in [0.5, 0.6) is 0 Å². The average molecular weight is 375 g/mol. The Morgan fingerprint density at radius 3 is 2.46 bits per heavy atom. The van der Waals surface area contributed by atoms with Crippen molar-refractivity contribution < 1.29 is 4.79 Å². The third kappa shape index (κ3) is 3.85. The average Bonchev–Trinajstić information content (AvgIpc) is 3.40. The van der Waals surface area contributed by atoms with E-state index < -0.39 is 0 Å². The molecular weight excluding hydrogens is 344 g/mol. The number of carbonyl (C=O) groups excluding carboxylic acids is 1. The summed E-state index contributed by atoms with van der Waals surface area (Å²) in [6.45, 7) is 4.45. The lowest BCUT2D eigenvalue weighted by molar-refractivity contribution is -0.128. The van der Waals surface area contributed by atoms with E-state index >= 15 is 0 Å². The molecule has 0 aliphatic heterocycles. The van der Waals surface area contributed by atoms with Crippen LogP contribution in [0.1, 0.15) is 55.8 Å². The summed E-state index contributed by atoms with van der Waals surface area (Å²) in [5, 5.41) is 1.25. The second-order valence-electron chi connectivity index (χ2n) is 7.38. The van der Waals surface area contributed by atoms with Gasteiger partial charge in [0.25, 0.3) is 0 Å². The summed E-state index contributed by atoms with van der Waals surface area (Å²) in [5.41, 5.74) is 1.42. The van der Waals surface area contributed by atoms with Gasteiger partial charge in [-0.1, -0.05) is 20.3 Å². The Morgan fingerprint density at radius 1 is 1.15 bits per heavy atom. The predicted molar refractivity (Wildman–Crippen MR) is 109 cm³/mol. The molecule has 0 atom stereocenters. The number of anilines is 1. The van der Waals surface area contributed by atoms with E-state index in [-0.39, 0.29) is 5.91 Å². The fourth-order valence-corrected chi connectivity index (χ4v) is 4.75. The van der Waals surface area contributed by atoms with Gasteiger partial charge in [-0.2, -0.15) is 0 Å². The summed E-state index contributed by atoms with van der Waals surface area (Å²) in [5.74, 6) is 1.99. The number of hydrogen-bond acceptors (Lipinski definition) is 5. The van der Waals surface area contributed by atoms with E-state index in [1.165, 1.54) is 28.7 Å². The van der Waals surface area contributed by atoms with Crippen LogP contribution in [0.2, 0.25) is 0 Å². The zero-order valence-electron chi connectivity index (χ0n) is 16.6. The molecular formula is C20H30N4OS. The van der Waals surface area contributed by atoms with E-state index in [2.05, 4.69) is 25.8 Å². The highest BCUT2D eigenvalue weighted by atomic mass is 32.1. The van der Waals surface area contributed by atoms with Crippen LogP contribution < -0.4 is 4.90 Å². The molecule has 5 nitrogen and oxygen atoms in total. The normalized spacial score (nSPS) is 14.0. The molecule has 0 aromatic carbocycles. The molecule has 1 aliphatic rings. The SMILES string of the molecule is CCCc1sc2nc(CCC(=O)N(C)C)nc(N(C)C3CC3)c2c1CC. The summed E-state index contributed by atoms with van der Waals surface area (Å²) in [6, 6.07) is 0.601. The maximum atomic E-state index is 12.0. The number of thiophene rings is 1. The number of aromatic nitrogens is 2. The second-order valence-corrected chi connectivity index (χ2v) is 8.46. The minimum absolute atomic E-state index is 0.123. The molecule has 1 aliphatic carbocycles. The lowest BCUT2D eigenvalue weighted by Gasteiger charge is -2.20. The maximum Gasteiger partial charge on any atom is 0.222 e.